The summed E-state index contributed by atoms with van der Waals surface area (Å²) in [6.07, 6.45) is -3.86. The number of alkyl halides is 3. The van der Waals surface area contributed by atoms with Gasteiger partial charge in [0, 0.05) is 17.5 Å². The second-order valence-electron chi connectivity index (χ2n) is 6.05. The van der Waals surface area contributed by atoms with E-state index in [9.17, 15) is 22.8 Å². The van der Waals surface area contributed by atoms with E-state index in [1.165, 1.54) is 0 Å². The zero-order chi connectivity index (χ0) is 19.4. The third kappa shape index (κ3) is 4.58. The lowest BCUT2D eigenvalue weighted by atomic mass is 10.0. The van der Waals surface area contributed by atoms with Crippen LogP contribution >= 0.6 is 0 Å². The van der Waals surface area contributed by atoms with Crippen molar-refractivity contribution in [1.29, 1.82) is 0 Å². The van der Waals surface area contributed by atoms with Crippen LogP contribution < -0.4 is 15.4 Å². The number of hydrogen-bond donors (Lipinski definition) is 2. The number of fused-ring (bicyclic) bond motifs is 1. The summed E-state index contributed by atoms with van der Waals surface area (Å²) in [6.45, 7) is 0.194. The van der Waals surface area contributed by atoms with Crippen LogP contribution in [0.5, 0.6) is 5.75 Å². The molecule has 5 nitrogen and oxygen atoms in total. The van der Waals surface area contributed by atoms with Gasteiger partial charge in [-0.1, -0.05) is 18.2 Å². The van der Waals surface area contributed by atoms with E-state index in [1.807, 2.05) is 24.3 Å². The van der Waals surface area contributed by atoms with Crippen LogP contribution in [-0.2, 0) is 11.0 Å². The molecule has 0 aliphatic carbocycles. The summed E-state index contributed by atoms with van der Waals surface area (Å²) < 4.78 is 43.1. The van der Waals surface area contributed by atoms with E-state index < -0.39 is 23.6 Å². The van der Waals surface area contributed by atoms with E-state index in [2.05, 4.69) is 10.6 Å². The number of halogens is 3. The van der Waals surface area contributed by atoms with Crippen LogP contribution in [0, 0.1) is 0 Å². The summed E-state index contributed by atoms with van der Waals surface area (Å²) in [5.74, 6) is -0.300. The molecular weight excluding hydrogens is 361 g/mol. The zero-order valence-electron chi connectivity index (χ0n) is 14.2. The van der Waals surface area contributed by atoms with Gasteiger partial charge < -0.3 is 15.4 Å². The normalized spacial score (nSPS) is 16.0. The lowest BCUT2D eigenvalue weighted by Gasteiger charge is -2.26. The first kappa shape index (κ1) is 18.8. The highest BCUT2D eigenvalue weighted by Gasteiger charge is 2.30. The van der Waals surface area contributed by atoms with Crippen LogP contribution in [0.15, 0.2) is 48.5 Å². The maximum atomic E-state index is 12.5. The van der Waals surface area contributed by atoms with E-state index in [-0.39, 0.29) is 18.2 Å². The van der Waals surface area contributed by atoms with Crippen LogP contribution in [0.1, 0.15) is 33.9 Å². The van der Waals surface area contributed by atoms with Gasteiger partial charge in [-0.3, -0.25) is 9.59 Å². The highest BCUT2D eigenvalue weighted by Crippen LogP contribution is 2.31. The molecule has 142 valence electrons. The lowest BCUT2D eigenvalue weighted by molar-refractivity contribution is -0.137. The molecule has 1 aliphatic heterocycles. The van der Waals surface area contributed by atoms with Crippen molar-refractivity contribution in [3.05, 3.63) is 65.2 Å². The number of amides is 2. The standard InChI is InChI=1S/C19H17F3N2O3/c20-19(21,22)13-7-5-12(6-8-13)18(26)23-11-17(25)24-15-9-10-27-16-4-2-1-3-14(15)16/h1-8,15H,9-11H2,(H,23,26)(H,24,25)/t15-/m0/s1. The zero-order valence-corrected chi connectivity index (χ0v) is 14.2. The Balaban J connectivity index is 1.54. The number of carbonyl (C=O) groups excluding carboxylic acids is 2. The Morgan fingerprint density at radius 2 is 1.78 bits per heavy atom. The molecule has 0 unspecified atom stereocenters. The number of hydrogen-bond acceptors (Lipinski definition) is 3. The predicted octanol–water partition coefficient (Wildman–Crippen LogP) is 3.08. The summed E-state index contributed by atoms with van der Waals surface area (Å²) in [6, 6.07) is 11.0. The molecule has 0 bridgehead atoms. The molecule has 0 saturated heterocycles. The fraction of sp³-hybridized carbons (Fsp3) is 0.263. The molecule has 27 heavy (non-hydrogen) atoms. The maximum Gasteiger partial charge on any atom is 0.416 e. The number of nitrogens with one attached hydrogen (secondary N) is 2. The second-order valence-corrected chi connectivity index (χ2v) is 6.05. The minimum absolute atomic E-state index is 0.0483. The van der Waals surface area contributed by atoms with Crippen molar-refractivity contribution in [2.45, 2.75) is 18.6 Å². The van der Waals surface area contributed by atoms with Gasteiger partial charge in [-0.2, -0.15) is 13.2 Å². The van der Waals surface area contributed by atoms with Crippen molar-refractivity contribution < 1.29 is 27.5 Å². The number of benzene rings is 2. The third-order valence-corrected chi connectivity index (χ3v) is 4.18. The Labute approximate surface area is 153 Å². The molecule has 3 rings (SSSR count). The monoisotopic (exact) mass is 378 g/mol. The molecule has 2 amide bonds. The summed E-state index contributed by atoms with van der Waals surface area (Å²) >= 11 is 0. The molecule has 0 fully saturated rings. The van der Waals surface area contributed by atoms with Gasteiger partial charge in [0.2, 0.25) is 5.91 Å². The quantitative estimate of drug-likeness (QED) is 0.859. The molecular formula is C19H17F3N2O3. The highest BCUT2D eigenvalue weighted by atomic mass is 19.4. The molecule has 0 saturated carbocycles. The van der Waals surface area contributed by atoms with Gasteiger partial charge in [-0.05, 0) is 30.3 Å². The maximum absolute atomic E-state index is 12.5. The van der Waals surface area contributed by atoms with Crippen molar-refractivity contribution in [3.63, 3.8) is 0 Å². The Hall–Kier alpha value is -3.03. The third-order valence-electron chi connectivity index (χ3n) is 4.18. The highest BCUT2D eigenvalue weighted by molar-refractivity contribution is 5.96. The fourth-order valence-corrected chi connectivity index (χ4v) is 2.81. The fourth-order valence-electron chi connectivity index (χ4n) is 2.81. The Kier molecular flexibility index (Phi) is 5.34. The summed E-state index contributed by atoms with van der Waals surface area (Å²) in [7, 11) is 0. The minimum atomic E-state index is -4.46. The van der Waals surface area contributed by atoms with E-state index >= 15 is 0 Å². The number of ether oxygens (including phenoxy) is 1. The van der Waals surface area contributed by atoms with Crippen LogP contribution in [0.3, 0.4) is 0 Å². The topological polar surface area (TPSA) is 67.4 Å². The molecule has 0 aromatic heterocycles. The van der Waals surface area contributed by atoms with Crippen molar-refractivity contribution in [2.24, 2.45) is 0 Å². The van der Waals surface area contributed by atoms with Crippen LogP contribution in [0.25, 0.3) is 0 Å². The van der Waals surface area contributed by atoms with E-state index in [1.54, 1.807) is 0 Å². The van der Waals surface area contributed by atoms with Gasteiger partial charge in [0.1, 0.15) is 5.75 Å². The first-order valence-electron chi connectivity index (χ1n) is 8.31. The molecule has 2 aromatic rings. The second kappa shape index (κ2) is 7.69. The smallest absolute Gasteiger partial charge is 0.416 e. The van der Waals surface area contributed by atoms with Crippen LogP contribution in [0.2, 0.25) is 0 Å². The van der Waals surface area contributed by atoms with E-state index in [0.29, 0.717) is 18.8 Å². The van der Waals surface area contributed by atoms with E-state index in [0.717, 1.165) is 29.8 Å². The largest absolute Gasteiger partial charge is 0.493 e. The summed E-state index contributed by atoms with van der Waals surface area (Å²) in [4.78, 5) is 24.1. The number of carbonyl (C=O) groups is 2. The molecule has 0 radical (unpaired) electrons. The molecule has 8 heteroatoms. The van der Waals surface area contributed by atoms with Crippen molar-refractivity contribution >= 4 is 11.8 Å². The molecule has 1 heterocycles. The van der Waals surface area contributed by atoms with Crippen molar-refractivity contribution in [3.8, 4) is 5.75 Å². The van der Waals surface area contributed by atoms with Crippen molar-refractivity contribution in [2.75, 3.05) is 13.2 Å². The first-order valence-corrected chi connectivity index (χ1v) is 8.31. The van der Waals surface area contributed by atoms with E-state index in [4.69, 9.17) is 4.74 Å². The summed E-state index contributed by atoms with van der Waals surface area (Å²) in [5, 5.41) is 5.24. The first-order chi connectivity index (χ1) is 12.8. The Morgan fingerprint density at radius 1 is 1.07 bits per heavy atom. The van der Waals surface area contributed by atoms with Gasteiger partial charge in [0.05, 0.1) is 24.8 Å². The van der Waals surface area contributed by atoms with Crippen LogP contribution in [-0.4, -0.2) is 25.0 Å². The predicted molar refractivity (Wildman–Crippen MR) is 91.2 cm³/mol. The molecule has 2 aromatic carbocycles. The lowest BCUT2D eigenvalue weighted by Crippen LogP contribution is -2.40. The Morgan fingerprint density at radius 3 is 2.48 bits per heavy atom. The average molecular weight is 378 g/mol. The van der Waals surface area contributed by atoms with Gasteiger partial charge in [-0.15, -0.1) is 0 Å². The number of rotatable bonds is 4. The molecule has 2 N–H and O–H groups in total. The minimum Gasteiger partial charge on any atom is -0.493 e. The summed E-state index contributed by atoms with van der Waals surface area (Å²) in [5.41, 5.74) is 0.0772. The van der Waals surface area contributed by atoms with Gasteiger partial charge in [0.15, 0.2) is 0 Å². The van der Waals surface area contributed by atoms with Gasteiger partial charge in [0.25, 0.3) is 5.91 Å². The molecule has 1 atom stereocenters. The molecule has 1 aliphatic rings. The SMILES string of the molecule is O=C(CNC(=O)c1ccc(C(F)(F)F)cc1)N[C@H]1CCOc2ccccc21. The van der Waals surface area contributed by atoms with Gasteiger partial charge in [-0.25, -0.2) is 0 Å². The average Bonchev–Trinajstić information content (AvgIpc) is 2.66. The Bertz CT molecular complexity index is 835. The van der Waals surface area contributed by atoms with Crippen molar-refractivity contribution in [1.82, 2.24) is 10.6 Å². The van der Waals surface area contributed by atoms with Gasteiger partial charge >= 0.3 is 6.18 Å². The molecule has 0 spiro atoms. The van der Waals surface area contributed by atoms with Crippen LogP contribution in [0.4, 0.5) is 13.2 Å². The number of para-hydroxylation sites is 1.